The molecule has 0 fully saturated rings. The minimum Gasteiger partial charge on any atom is -0.324 e. The van der Waals surface area contributed by atoms with Crippen molar-refractivity contribution in [2.24, 2.45) is 5.73 Å². The molecule has 0 aliphatic heterocycles. The molecule has 0 saturated heterocycles. The fourth-order valence-electron chi connectivity index (χ4n) is 2.22. The molecule has 1 unspecified atom stereocenters. The molecule has 102 valence electrons. The van der Waals surface area contributed by atoms with Gasteiger partial charge in [-0.3, -0.25) is 0 Å². The Labute approximate surface area is 122 Å². The van der Waals surface area contributed by atoms with Crippen LogP contribution in [-0.2, 0) is 5.41 Å². The zero-order valence-corrected chi connectivity index (χ0v) is 12.6. The van der Waals surface area contributed by atoms with Crippen molar-refractivity contribution in [3.8, 4) is 0 Å². The summed E-state index contributed by atoms with van der Waals surface area (Å²) < 4.78 is 0. The van der Waals surface area contributed by atoms with Crippen molar-refractivity contribution < 1.29 is 0 Å². The molecule has 0 aliphatic rings. The summed E-state index contributed by atoms with van der Waals surface area (Å²) in [4.78, 5) is 0. The topological polar surface area (TPSA) is 26.0 Å². The second-order valence-electron chi connectivity index (χ2n) is 5.40. The predicted molar refractivity (Wildman–Crippen MR) is 84.9 cm³/mol. The molecule has 0 saturated carbocycles. The van der Waals surface area contributed by atoms with E-state index in [9.17, 15) is 0 Å². The summed E-state index contributed by atoms with van der Waals surface area (Å²) in [6.45, 7) is 6.52. The summed E-state index contributed by atoms with van der Waals surface area (Å²) in [5.74, 6) is 0. The van der Waals surface area contributed by atoms with Gasteiger partial charge >= 0.3 is 0 Å². The quantitative estimate of drug-likeness (QED) is 0.880. The van der Waals surface area contributed by atoms with E-state index in [1.807, 2.05) is 6.92 Å². The normalized spacial score (nSPS) is 12.6. The van der Waals surface area contributed by atoms with Crippen molar-refractivity contribution in [2.45, 2.75) is 32.2 Å². The molecule has 2 aromatic rings. The Morgan fingerprint density at radius 1 is 0.842 bits per heavy atom. The molecular weight excluding hydrogens is 254 g/mol. The third-order valence-corrected chi connectivity index (χ3v) is 3.65. The number of hydrogen-bond donors (Lipinski definition) is 1. The lowest BCUT2D eigenvalue weighted by Gasteiger charge is -2.26. The van der Waals surface area contributed by atoms with Crippen LogP contribution < -0.4 is 5.73 Å². The van der Waals surface area contributed by atoms with Crippen LogP contribution in [0.1, 0.15) is 43.5 Å². The molecular formula is C17H22ClN. The van der Waals surface area contributed by atoms with Gasteiger partial charge in [0.15, 0.2) is 0 Å². The summed E-state index contributed by atoms with van der Waals surface area (Å²) in [7, 11) is 0. The number of rotatable bonds is 3. The summed E-state index contributed by atoms with van der Waals surface area (Å²) in [5, 5.41) is 0. The van der Waals surface area contributed by atoms with Gasteiger partial charge < -0.3 is 5.73 Å². The van der Waals surface area contributed by atoms with Gasteiger partial charge in [0.1, 0.15) is 0 Å². The molecule has 2 rings (SSSR count). The highest BCUT2D eigenvalue weighted by Crippen LogP contribution is 2.31. The molecule has 2 aromatic carbocycles. The lowest BCUT2D eigenvalue weighted by molar-refractivity contribution is 0.640. The lowest BCUT2D eigenvalue weighted by Crippen LogP contribution is -2.19. The van der Waals surface area contributed by atoms with Crippen molar-refractivity contribution in [3.05, 3.63) is 71.3 Å². The van der Waals surface area contributed by atoms with Crippen LogP contribution in [0.15, 0.2) is 54.6 Å². The molecule has 2 heteroatoms. The molecule has 19 heavy (non-hydrogen) atoms. The third-order valence-electron chi connectivity index (χ3n) is 3.65. The van der Waals surface area contributed by atoms with Crippen LogP contribution in [0, 0.1) is 0 Å². The zero-order chi connectivity index (χ0) is 13.2. The maximum atomic E-state index is 5.88. The number of nitrogens with two attached hydrogens (primary N) is 1. The Hall–Kier alpha value is -1.31. The minimum atomic E-state index is 0. The number of halogens is 1. The van der Waals surface area contributed by atoms with Crippen molar-refractivity contribution >= 4 is 12.4 Å². The van der Waals surface area contributed by atoms with Gasteiger partial charge in [-0.1, -0.05) is 68.4 Å². The monoisotopic (exact) mass is 275 g/mol. The van der Waals surface area contributed by atoms with Crippen molar-refractivity contribution in [1.29, 1.82) is 0 Å². The largest absolute Gasteiger partial charge is 0.324 e. The number of benzene rings is 2. The maximum absolute atomic E-state index is 5.88. The highest BCUT2D eigenvalue weighted by molar-refractivity contribution is 5.85. The first-order chi connectivity index (χ1) is 8.51. The van der Waals surface area contributed by atoms with Crippen LogP contribution in [0.5, 0.6) is 0 Å². The van der Waals surface area contributed by atoms with Crippen molar-refractivity contribution in [3.63, 3.8) is 0 Å². The zero-order valence-electron chi connectivity index (χ0n) is 11.8. The van der Waals surface area contributed by atoms with Crippen LogP contribution in [0.2, 0.25) is 0 Å². The Morgan fingerprint density at radius 3 is 1.79 bits per heavy atom. The molecule has 2 N–H and O–H groups in total. The standard InChI is InChI=1S/C17H21N.ClH/c1-13(18)14-9-11-16(12-10-14)17(2,3)15-7-5-4-6-8-15;/h4-13H,18H2,1-3H3;1H. The SMILES string of the molecule is CC(N)c1ccc(C(C)(C)c2ccccc2)cc1.Cl. The van der Waals surface area contributed by atoms with Crippen molar-refractivity contribution in [2.75, 3.05) is 0 Å². The van der Waals surface area contributed by atoms with E-state index in [0.717, 1.165) is 0 Å². The van der Waals surface area contributed by atoms with E-state index in [1.54, 1.807) is 0 Å². The van der Waals surface area contributed by atoms with E-state index in [1.165, 1.54) is 16.7 Å². The Bertz CT molecular complexity index is 501. The molecule has 0 aromatic heterocycles. The predicted octanol–water partition coefficient (Wildman–Crippen LogP) is 4.45. The van der Waals surface area contributed by atoms with Gasteiger partial charge in [-0.15, -0.1) is 12.4 Å². The molecule has 0 radical (unpaired) electrons. The molecule has 0 amide bonds. The van der Waals surface area contributed by atoms with Gasteiger partial charge in [0.25, 0.3) is 0 Å². The first kappa shape index (κ1) is 15.7. The molecule has 0 heterocycles. The first-order valence-electron chi connectivity index (χ1n) is 6.43. The van der Waals surface area contributed by atoms with E-state index in [0.29, 0.717) is 0 Å². The fraction of sp³-hybridized carbons (Fsp3) is 0.294. The van der Waals surface area contributed by atoms with E-state index in [4.69, 9.17) is 5.73 Å². The van der Waals surface area contributed by atoms with Gasteiger partial charge in [0, 0.05) is 11.5 Å². The van der Waals surface area contributed by atoms with E-state index in [-0.39, 0.29) is 23.9 Å². The minimum absolute atomic E-state index is 0. The summed E-state index contributed by atoms with van der Waals surface area (Å²) in [6.07, 6.45) is 0. The average molecular weight is 276 g/mol. The third kappa shape index (κ3) is 3.37. The maximum Gasteiger partial charge on any atom is 0.0266 e. The summed E-state index contributed by atoms with van der Waals surface area (Å²) in [6, 6.07) is 19.3. The molecule has 1 nitrogen and oxygen atoms in total. The average Bonchev–Trinajstić information content (AvgIpc) is 2.40. The first-order valence-corrected chi connectivity index (χ1v) is 6.43. The molecule has 0 bridgehead atoms. The Morgan fingerprint density at radius 2 is 1.32 bits per heavy atom. The smallest absolute Gasteiger partial charge is 0.0266 e. The van der Waals surface area contributed by atoms with Gasteiger partial charge in [-0.2, -0.15) is 0 Å². The van der Waals surface area contributed by atoms with Gasteiger partial charge in [-0.05, 0) is 23.6 Å². The van der Waals surface area contributed by atoms with Crippen LogP contribution in [0.4, 0.5) is 0 Å². The molecule has 1 atom stereocenters. The second kappa shape index (κ2) is 6.23. The van der Waals surface area contributed by atoms with Gasteiger partial charge in [0.2, 0.25) is 0 Å². The van der Waals surface area contributed by atoms with E-state index >= 15 is 0 Å². The van der Waals surface area contributed by atoms with E-state index in [2.05, 4.69) is 68.4 Å². The van der Waals surface area contributed by atoms with Gasteiger partial charge in [0.05, 0.1) is 0 Å². The van der Waals surface area contributed by atoms with Crippen LogP contribution in [0.3, 0.4) is 0 Å². The highest BCUT2D eigenvalue weighted by atomic mass is 35.5. The highest BCUT2D eigenvalue weighted by Gasteiger charge is 2.22. The van der Waals surface area contributed by atoms with Crippen LogP contribution >= 0.6 is 12.4 Å². The number of hydrogen-bond acceptors (Lipinski definition) is 1. The fourth-order valence-corrected chi connectivity index (χ4v) is 2.22. The Kier molecular flexibility index (Phi) is 5.16. The van der Waals surface area contributed by atoms with Crippen LogP contribution in [0.25, 0.3) is 0 Å². The summed E-state index contributed by atoms with van der Waals surface area (Å²) in [5.41, 5.74) is 9.74. The van der Waals surface area contributed by atoms with Crippen LogP contribution in [-0.4, -0.2) is 0 Å². The summed E-state index contributed by atoms with van der Waals surface area (Å²) >= 11 is 0. The Balaban J connectivity index is 0.00000180. The van der Waals surface area contributed by atoms with Crippen molar-refractivity contribution in [1.82, 2.24) is 0 Å². The second-order valence-corrected chi connectivity index (χ2v) is 5.40. The lowest BCUT2D eigenvalue weighted by atomic mass is 9.78. The molecule has 0 aliphatic carbocycles. The van der Waals surface area contributed by atoms with E-state index < -0.39 is 0 Å². The van der Waals surface area contributed by atoms with Gasteiger partial charge in [-0.25, -0.2) is 0 Å². The molecule has 0 spiro atoms.